The highest BCUT2D eigenvalue weighted by atomic mass is 16.3. The van der Waals surface area contributed by atoms with Gasteiger partial charge in [0.15, 0.2) is 0 Å². The van der Waals surface area contributed by atoms with Crippen LogP contribution in [0.1, 0.15) is 36.8 Å². The molecule has 0 saturated heterocycles. The number of fused-ring (bicyclic) bond motifs is 1. The number of nitrogens with two attached hydrogens (primary N) is 1. The summed E-state index contributed by atoms with van der Waals surface area (Å²) in [5.41, 5.74) is 8.56. The third-order valence-electron chi connectivity index (χ3n) is 3.94. The molecule has 0 amide bonds. The summed E-state index contributed by atoms with van der Waals surface area (Å²) < 4.78 is 0. The lowest BCUT2D eigenvalue weighted by Gasteiger charge is -2.41. The molecule has 0 radical (unpaired) electrons. The minimum Gasteiger partial charge on any atom is -0.395 e. The Morgan fingerprint density at radius 1 is 1.47 bits per heavy atom. The number of rotatable bonds is 4. The van der Waals surface area contributed by atoms with E-state index in [9.17, 15) is 0 Å². The lowest BCUT2D eigenvalue weighted by atomic mass is 9.72. The zero-order valence-corrected chi connectivity index (χ0v) is 10.4. The van der Waals surface area contributed by atoms with Gasteiger partial charge in [-0.1, -0.05) is 31.2 Å². The second-order valence-corrected chi connectivity index (χ2v) is 4.96. The van der Waals surface area contributed by atoms with Crippen LogP contribution in [-0.2, 0) is 5.54 Å². The average Bonchev–Trinajstić information content (AvgIpc) is 2.39. The van der Waals surface area contributed by atoms with Crippen molar-refractivity contribution in [3.05, 3.63) is 35.4 Å². The van der Waals surface area contributed by atoms with E-state index in [0.29, 0.717) is 19.0 Å². The van der Waals surface area contributed by atoms with Gasteiger partial charge in [-0.15, -0.1) is 0 Å². The first-order valence-electron chi connectivity index (χ1n) is 6.39. The molecule has 1 aromatic rings. The summed E-state index contributed by atoms with van der Waals surface area (Å²) in [6, 6.07) is 8.53. The summed E-state index contributed by atoms with van der Waals surface area (Å²) >= 11 is 0. The molecule has 2 rings (SSSR count). The van der Waals surface area contributed by atoms with Crippen molar-refractivity contribution in [1.82, 2.24) is 5.32 Å². The molecular formula is C14H22N2O. The van der Waals surface area contributed by atoms with Gasteiger partial charge in [0.1, 0.15) is 0 Å². The molecule has 1 aliphatic carbocycles. The second kappa shape index (κ2) is 5.17. The van der Waals surface area contributed by atoms with Crippen molar-refractivity contribution >= 4 is 0 Å². The summed E-state index contributed by atoms with van der Waals surface area (Å²) in [6.07, 6.45) is 2.19. The molecule has 1 aliphatic rings. The minimum atomic E-state index is -0.147. The van der Waals surface area contributed by atoms with Crippen LogP contribution in [0.25, 0.3) is 0 Å². The molecule has 0 bridgehead atoms. The molecule has 3 heteroatoms. The van der Waals surface area contributed by atoms with Crippen LogP contribution in [0.2, 0.25) is 0 Å². The molecule has 0 aromatic heterocycles. The van der Waals surface area contributed by atoms with Crippen LogP contribution >= 0.6 is 0 Å². The maximum Gasteiger partial charge on any atom is 0.0562 e. The van der Waals surface area contributed by atoms with Crippen LogP contribution in [0.3, 0.4) is 0 Å². The van der Waals surface area contributed by atoms with Crippen molar-refractivity contribution in [2.75, 3.05) is 19.7 Å². The van der Waals surface area contributed by atoms with Crippen LogP contribution < -0.4 is 11.1 Å². The molecular weight excluding hydrogens is 212 g/mol. The summed E-state index contributed by atoms with van der Waals surface area (Å²) in [5.74, 6) is 0.599. The topological polar surface area (TPSA) is 58.3 Å². The van der Waals surface area contributed by atoms with Gasteiger partial charge < -0.3 is 16.2 Å². The number of benzene rings is 1. The van der Waals surface area contributed by atoms with Crippen molar-refractivity contribution in [3.8, 4) is 0 Å². The van der Waals surface area contributed by atoms with Gasteiger partial charge in [-0.05, 0) is 29.9 Å². The standard InChI is InChI=1S/C14H22N2O/c1-11-6-7-14(10-15,16-8-9-17)13-5-3-2-4-12(11)13/h2-5,11,16-17H,6-10,15H2,1H3. The third-order valence-corrected chi connectivity index (χ3v) is 3.94. The Labute approximate surface area is 103 Å². The largest absolute Gasteiger partial charge is 0.395 e. The van der Waals surface area contributed by atoms with Crippen molar-refractivity contribution in [3.63, 3.8) is 0 Å². The van der Waals surface area contributed by atoms with Gasteiger partial charge in [-0.25, -0.2) is 0 Å². The first-order valence-corrected chi connectivity index (χ1v) is 6.39. The molecule has 1 aromatic carbocycles. The van der Waals surface area contributed by atoms with Crippen LogP contribution in [0.5, 0.6) is 0 Å². The zero-order valence-electron chi connectivity index (χ0n) is 10.4. The Hall–Kier alpha value is -0.900. The number of aliphatic hydroxyl groups is 1. The summed E-state index contributed by atoms with van der Waals surface area (Å²) in [7, 11) is 0. The summed E-state index contributed by atoms with van der Waals surface area (Å²) in [6.45, 7) is 3.60. The smallest absolute Gasteiger partial charge is 0.0562 e. The molecule has 0 aliphatic heterocycles. The van der Waals surface area contributed by atoms with E-state index in [2.05, 4.69) is 36.5 Å². The van der Waals surface area contributed by atoms with E-state index < -0.39 is 0 Å². The Morgan fingerprint density at radius 2 is 2.24 bits per heavy atom. The van der Waals surface area contributed by atoms with Crippen molar-refractivity contribution in [2.45, 2.75) is 31.2 Å². The fourth-order valence-corrected chi connectivity index (χ4v) is 2.88. The molecule has 4 N–H and O–H groups in total. The zero-order chi connectivity index (χ0) is 12.3. The normalized spacial score (nSPS) is 27.8. The van der Waals surface area contributed by atoms with E-state index in [-0.39, 0.29) is 12.1 Å². The van der Waals surface area contributed by atoms with Gasteiger partial charge in [-0.3, -0.25) is 0 Å². The molecule has 0 heterocycles. The monoisotopic (exact) mass is 234 g/mol. The molecule has 0 saturated carbocycles. The molecule has 94 valence electrons. The summed E-state index contributed by atoms with van der Waals surface area (Å²) in [4.78, 5) is 0. The number of nitrogens with one attached hydrogen (secondary N) is 1. The van der Waals surface area contributed by atoms with E-state index in [1.54, 1.807) is 0 Å². The molecule has 17 heavy (non-hydrogen) atoms. The predicted molar refractivity (Wildman–Crippen MR) is 69.9 cm³/mol. The Bertz CT molecular complexity index is 380. The van der Waals surface area contributed by atoms with E-state index in [1.807, 2.05) is 0 Å². The summed E-state index contributed by atoms with van der Waals surface area (Å²) in [5, 5.41) is 12.4. The Kier molecular flexibility index (Phi) is 3.82. The minimum absolute atomic E-state index is 0.147. The van der Waals surface area contributed by atoms with Crippen LogP contribution in [0.4, 0.5) is 0 Å². The van der Waals surface area contributed by atoms with E-state index in [4.69, 9.17) is 10.8 Å². The van der Waals surface area contributed by atoms with Gasteiger partial charge in [0.2, 0.25) is 0 Å². The first-order chi connectivity index (χ1) is 8.23. The molecule has 2 unspecified atom stereocenters. The van der Waals surface area contributed by atoms with Crippen LogP contribution in [0, 0.1) is 0 Å². The van der Waals surface area contributed by atoms with E-state index in [1.165, 1.54) is 11.1 Å². The van der Waals surface area contributed by atoms with Gasteiger partial charge in [0.05, 0.1) is 12.1 Å². The van der Waals surface area contributed by atoms with Crippen LogP contribution in [-0.4, -0.2) is 24.8 Å². The highest BCUT2D eigenvalue weighted by molar-refractivity contribution is 5.39. The van der Waals surface area contributed by atoms with Gasteiger partial charge in [-0.2, -0.15) is 0 Å². The van der Waals surface area contributed by atoms with Crippen molar-refractivity contribution in [2.24, 2.45) is 5.73 Å². The maximum atomic E-state index is 9.00. The second-order valence-electron chi connectivity index (χ2n) is 4.96. The molecule has 2 atom stereocenters. The number of hydrogen-bond acceptors (Lipinski definition) is 3. The molecule has 0 spiro atoms. The fraction of sp³-hybridized carbons (Fsp3) is 0.571. The average molecular weight is 234 g/mol. The van der Waals surface area contributed by atoms with Gasteiger partial charge in [0, 0.05) is 13.1 Å². The lowest BCUT2D eigenvalue weighted by molar-refractivity contribution is 0.232. The molecule has 3 nitrogen and oxygen atoms in total. The van der Waals surface area contributed by atoms with Crippen LogP contribution in [0.15, 0.2) is 24.3 Å². The van der Waals surface area contributed by atoms with Crippen molar-refractivity contribution in [1.29, 1.82) is 0 Å². The Balaban J connectivity index is 2.38. The van der Waals surface area contributed by atoms with E-state index in [0.717, 1.165) is 12.8 Å². The SMILES string of the molecule is CC1CCC(CN)(NCCO)c2ccccc21. The quantitative estimate of drug-likeness (QED) is 0.736. The first kappa shape index (κ1) is 12.6. The number of aliphatic hydroxyl groups excluding tert-OH is 1. The molecule has 0 fully saturated rings. The fourth-order valence-electron chi connectivity index (χ4n) is 2.88. The maximum absolute atomic E-state index is 9.00. The van der Waals surface area contributed by atoms with Gasteiger partial charge >= 0.3 is 0 Å². The lowest BCUT2D eigenvalue weighted by Crippen LogP contribution is -2.51. The van der Waals surface area contributed by atoms with Crippen molar-refractivity contribution < 1.29 is 5.11 Å². The highest BCUT2D eigenvalue weighted by Crippen LogP contribution is 2.40. The van der Waals surface area contributed by atoms with E-state index >= 15 is 0 Å². The van der Waals surface area contributed by atoms with Gasteiger partial charge in [0.25, 0.3) is 0 Å². The number of hydrogen-bond donors (Lipinski definition) is 3. The highest BCUT2D eigenvalue weighted by Gasteiger charge is 2.36. The third kappa shape index (κ3) is 2.23. The Morgan fingerprint density at radius 3 is 2.94 bits per heavy atom. The predicted octanol–water partition coefficient (Wildman–Crippen LogP) is 1.32.